The molecule has 0 saturated heterocycles. The molecule has 0 spiro atoms. The summed E-state index contributed by atoms with van der Waals surface area (Å²) in [5.41, 5.74) is 0. The van der Waals surface area contributed by atoms with Gasteiger partial charge in [0.2, 0.25) is 0 Å². The fourth-order valence-corrected chi connectivity index (χ4v) is 1.78. The first-order valence-electron chi connectivity index (χ1n) is 3.28. The minimum absolute atomic E-state index is 1.14. The number of hydrogen-bond donors (Lipinski definition) is 0. The average molecular weight is 95.2 g/mol. The molecule has 0 aromatic rings. The SMILES string of the molecule is [CH]1CC2CCC2C1. The molecule has 0 aromatic heterocycles. The van der Waals surface area contributed by atoms with Crippen molar-refractivity contribution in [1.29, 1.82) is 0 Å². The molecular weight excluding hydrogens is 84.1 g/mol. The molecule has 0 aliphatic heterocycles. The van der Waals surface area contributed by atoms with Crippen molar-refractivity contribution in [3.8, 4) is 0 Å². The van der Waals surface area contributed by atoms with Crippen LogP contribution in [0.25, 0.3) is 0 Å². The van der Waals surface area contributed by atoms with Crippen molar-refractivity contribution >= 4 is 0 Å². The smallest absolute Gasteiger partial charge is 0.0380 e. The van der Waals surface area contributed by atoms with Crippen molar-refractivity contribution in [3.63, 3.8) is 0 Å². The van der Waals surface area contributed by atoms with Gasteiger partial charge in [-0.15, -0.1) is 0 Å². The van der Waals surface area contributed by atoms with Crippen LogP contribution in [0.2, 0.25) is 0 Å². The summed E-state index contributed by atoms with van der Waals surface area (Å²) in [6.07, 6.45) is 8.39. The molecule has 0 amide bonds. The molecule has 2 aliphatic rings. The highest BCUT2D eigenvalue weighted by molar-refractivity contribution is 4.94. The van der Waals surface area contributed by atoms with Crippen molar-refractivity contribution in [2.24, 2.45) is 11.8 Å². The van der Waals surface area contributed by atoms with Crippen LogP contribution < -0.4 is 0 Å². The van der Waals surface area contributed by atoms with E-state index in [-0.39, 0.29) is 0 Å². The maximum absolute atomic E-state index is 2.46. The van der Waals surface area contributed by atoms with Gasteiger partial charge in [-0.1, -0.05) is 0 Å². The van der Waals surface area contributed by atoms with E-state index in [1.54, 1.807) is 0 Å². The Kier molecular flexibility index (Phi) is 0.697. The fraction of sp³-hybridized carbons (Fsp3) is 0.857. The highest BCUT2D eigenvalue weighted by atomic mass is 14.4. The first-order chi connectivity index (χ1) is 3.47. The molecule has 0 nitrogen and oxygen atoms in total. The first-order valence-corrected chi connectivity index (χ1v) is 3.28. The normalized spacial score (nSPS) is 48.0. The van der Waals surface area contributed by atoms with Gasteiger partial charge in [0.1, 0.15) is 0 Å². The third-order valence-corrected chi connectivity index (χ3v) is 2.51. The Hall–Kier alpha value is 0. The van der Waals surface area contributed by atoms with E-state index < -0.39 is 0 Å². The van der Waals surface area contributed by atoms with E-state index in [2.05, 4.69) is 6.42 Å². The number of hydrogen-bond acceptors (Lipinski definition) is 0. The highest BCUT2D eigenvalue weighted by Crippen LogP contribution is 2.45. The van der Waals surface area contributed by atoms with Crippen LogP contribution in [0.5, 0.6) is 0 Å². The van der Waals surface area contributed by atoms with E-state index in [0.29, 0.717) is 0 Å². The van der Waals surface area contributed by atoms with Crippen LogP contribution in [-0.2, 0) is 0 Å². The van der Waals surface area contributed by atoms with E-state index in [1.807, 2.05) is 0 Å². The van der Waals surface area contributed by atoms with Gasteiger partial charge in [0.05, 0.1) is 0 Å². The third-order valence-electron chi connectivity index (χ3n) is 2.51. The van der Waals surface area contributed by atoms with Crippen molar-refractivity contribution in [2.75, 3.05) is 0 Å². The van der Waals surface area contributed by atoms with E-state index in [1.165, 1.54) is 25.7 Å². The Morgan fingerprint density at radius 3 is 1.86 bits per heavy atom. The monoisotopic (exact) mass is 95.1 g/mol. The Bertz CT molecular complexity index is 66.1. The van der Waals surface area contributed by atoms with Gasteiger partial charge < -0.3 is 0 Å². The molecule has 2 rings (SSSR count). The molecule has 0 bridgehead atoms. The minimum atomic E-state index is 1.14. The van der Waals surface area contributed by atoms with Crippen LogP contribution in [0, 0.1) is 18.3 Å². The zero-order valence-corrected chi connectivity index (χ0v) is 4.56. The summed E-state index contributed by atoms with van der Waals surface area (Å²) in [6.45, 7) is 0. The van der Waals surface area contributed by atoms with Crippen molar-refractivity contribution in [2.45, 2.75) is 25.7 Å². The Morgan fingerprint density at radius 1 is 1.00 bits per heavy atom. The van der Waals surface area contributed by atoms with Crippen molar-refractivity contribution in [1.82, 2.24) is 0 Å². The molecule has 39 valence electrons. The molecule has 2 saturated carbocycles. The summed E-state index contributed by atoms with van der Waals surface area (Å²) in [4.78, 5) is 0. The molecular formula is C7H11. The topological polar surface area (TPSA) is 0 Å². The summed E-state index contributed by atoms with van der Waals surface area (Å²) in [5.74, 6) is 2.28. The van der Waals surface area contributed by atoms with Gasteiger partial charge >= 0.3 is 0 Å². The summed E-state index contributed by atoms with van der Waals surface area (Å²) in [6, 6.07) is 0. The lowest BCUT2D eigenvalue weighted by molar-refractivity contribution is 0.219. The number of fused-ring (bicyclic) bond motifs is 1. The molecule has 2 unspecified atom stereocenters. The van der Waals surface area contributed by atoms with Crippen molar-refractivity contribution < 1.29 is 0 Å². The van der Waals surface area contributed by atoms with Crippen LogP contribution in [0.15, 0.2) is 0 Å². The zero-order valence-electron chi connectivity index (χ0n) is 4.56. The van der Waals surface area contributed by atoms with Crippen LogP contribution in [0.4, 0.5) is 0 Å². The summed E-state index contributed by atoms with van der Waals surface area (Å²) in [7, 11) is 0. The fourth-order valence-electron chi connectivity index (χ4n) is 1.78. The second-order valence-corrected chi connectivity index (χ2v) is 2.86. The van der Waals surface area contributed by atoms with E-state index in [9.17, 15) is 0 Å². The van der Waals surface area contributed by atoms with Crippen LogP contribution in [0.1, 0.15) is 25.7 Å². The predicted molar refractivity (Wildman–Crippen MR) is 29.7 cm³/mol. The first kappa shape index (κ1) is 3.94. The predicted octanol–water partition coefficient (Wildman–Crippen LogP) is 2.01. The lowest BCUT2D eigenvalue weighted by Gasteiger charge is -2.29. The second-order valence-electron chi connectivity index (χ2n) is 2.86. The van der Waals surface area contributed by atoms with Gasteiger partial charge in [0, 0.05) is 0 Å². The molecule has 0 aromatic carbocycles. The summed E-state index contributed by atoms with van der Waals surface area (Å²) in [5, 5.41) is 0. The van der Waals surface area contributed by atoms with Crippen molar-refractivity contribution in [3.05, 3.63) is 6.42 Å². The number of rotatable bonds is 0. The summed E-state index contributed by atoms with van der Waals surface area (Å²) < 4.78 is 0. The standard InChI is InChI=1S/C7H11/c1-2-6-4-5-7(6)3-1/h1,6-7H,2-5H2. The maximum atomic E-state index is 2.46. The molecule has 7 heavy (non-hydrogen) atoms. The maximum Gasteiger partial charge on any atom is -0.0380 e. The lowest BCUT2D eigenvalue weighted by atomic mass is 9.77. The van der Waals surface area contributed by atoms with Gasteiger partial charge in [-0.25, -0.2) is 0 Å². The molecule has 0 heteroatoms. The molecule has 2 fully saturated rings. The van der Waals surface area contributed by atoms with E-state index >= 15 is 0 Å². The molecule has 2 aliphatic carbocycles. The Morgan fingerprint density at radius 2 is 1.57 bits per heavy atom. The summed E-state index contributed by atoms with van der Waals surface area (Å²) >= 11 is 0. The molecule has 2 atom stereocenters. The van der Waals surface area contributed by atoms with E-state index in [0.717, 1.165) is 11.8 Å². The van der Waals surface area contributed by atoms with Crippen LogP contribution in [0.3, 0.4) is 0 Å². The molecule has 0 N–H and O–H groups in total. The quantitative estimate of drug-likeness (QED) is 0.431. The average Bonchev–Trinajstić information content (AvgIpc) is 1.85. The highest BCUT2D eigenvalue weighted by Gasteiger charge is 2.34. The molecule has 1 radical (unpaired) electrons. The van der Waals surface area contributed by atoms with Gasteiger partial charge in [0.15, 0.2) is 0 Å². The molecule has 0 heterocycles. The largest absolute Gasteiger partial charge is 0.0499 e. The second kappa shape index (κ2) is 1.24. The Balaban J connectivity index is 2.03. The third kappa shape index (κ3) is 0.427. The van der Waals surface area contributed by atoms with Gasteiger partial charge in [0.25, 0.3) is 0 Å². The van der Waals surface area contributed by atoms with Crippen LogP contribution in [-0.4, -0.2) is 0 Å². The van der Waals surface area contributed by atoms with Gasteiger partial charge in [-0.05, 0) is 43.9 Å². The van der Waals surface area contributed by atoms with Crippen LogP contribution >= 0.6 is 0 Å². The lowest BCUT2D eigenvalue weighted by Crippen LogP contribution is -2.18. The van der Waals surface area contributed by atoms with Gasteiger partial charge in [-0.3, -0.25) is 0 Å². The zero-order chi connectivity index (χ0) is 4.69. The Labute approximate surface area is 44.9 Å². The van der Waals surface area contributed by atoms with Gasteiger partial charge in [-0.2, -0.15) is 0 Å². The minimum Gasteiger partial charge on any atom is -0.0499 e. The van der Waals surface area contributed by atoms with E-state index in [4.69, 9.17) is 0 Å².